The molecule has 4 aromatic carbocycles. The van der Waals surface area contributed by atoms with E-state index in [1.807, 2.05) is 11.9 Å². The maximum atomic E-state index is 15.1. The molecule has 1 aliphatic carbocycles. The van der Waals surface area contributed by atoms with Crippen LogP contribution in [-0.2, 0) is 33.8 Å². The first-order valence-electron chi connectivity index (χ1n) is 26.2. The van der Waals surface area contributed by atoms with E-state index in [-0.39, 0.29) is 107 Å². The second kappa shape index (κ2) is 30.6. The summed E-state index contributed by atoms with van der Waals surface area (Å²) < 4.78 is 101. The fourth-order valence-electron chi connectivity index (χ4n) is 7.98. The van der Waals surface area contributed by atoms with E-state index in [0.717, 1.165) is 30.5 Å². The largest absolute Gasteiger partial charge is 0.486 e. The van der Waals surface area contributed by atoms with Gasteiger partial charge in [0.15, 0.2) is 11.6 Å². The van der Waals surface area contributed by atoms with Crippen molar-refractivity contribution >= 4 is 78.3 Å². The lowest BCUT2D eigenvalue weighted by atomic mass is 10.0. The molecule has 0 saturated heterocycles. The van der Waals surface area contributed by atoms with Crippen LogP contribution < -0.4 is 36.9 Å². The number of primary amides is 1. The average molecular weight is 1230 g/mol. The van der Waals surface area contributed by atoms with Gasteiger partial charge in [0.2, 0.25) is 21.9 Å². The molecule has 1 aliphatic rings. The Morgan fingerprint density at radius 1 is 0.807 bits per heavy atom. The minimum absolute atomic E-state index is 0.00203. The Morgan fingerprint density at radius 3 is 2.19 bits per heavy atom. The number of aromatic nitrogens is 4. The zero-order valence-electron chi connectivity index (χ0n) is 45.8. The number of sulfonamides is 1. The number of benzene rings is 4. The van der Waals surface area contributed by atoms with Crippen LogP contribution in [0.25, 0.3) is 11.3 Å². The van der Waals surface area contributed by atoms with E-state index in [1.165, 1.54) is 78.1 Å². The maximum Gasteiger partial charge on any atom is 0.258 e. The second-order valence-corrected chi connectivity index (χ2v) is 21.5. The molecular formula is C56H64BrF3N12O10S. The Bertz CT molecular complexity index is 3370. The van der Waals surface area contributed by atoms with Gasteiger partial charge in [-0.3, -0.25) is 14.4 Å². The van der Waals surface area contributed by atoms with E-state index in [4.69, 9.17) is 35.2 Å². The SMILES string of the molecule is Cc1c(NC(=O)c2ccc(C3CC3)cc2F)cc(F)cc1-c1ncnc(N)c1OCCN(C)C(=O)/C=C/CN(C)CCOCCOCCOCCOCCNS(=O)(=O)c1ccc(Nc2ncc(Br)c(Nc3cccc(F)c3C(N)=O)n2)cc1. The third kappa shape index (κ3) is 18.7. The van der Waals surface area contributed by atoms with E-state index < -0.39 is 39.3 Å². The minimum Gasteiger partial charge on any atom is -0.486 e. The molecular weight excluding hydrogens is 1170 g/mol. The first-order valence-corrected chi connectivity index (χ1v) is 28.5. The topological polar surface area (TPSA) is 290 Å². The predicted molar refractivity (Wildman–Crippen MR) is 309 cm³/mol. The molecule has 2 aromatic heterocycles. The van der Waals surface area contributed by atoms with Crippen LogP contribution in [-0.4, -0.2) is 156 Å². The maximum absolute atomic E-state index is 15.1. The third-order valence-electron chi connectivity index (χ3n) is 12.7. The summed E-state index contributed by atoms with van der Waals surface area (Å²) in [5.41, 5.74) is 13.5. The number of rotatable bonds is 33. The van der Waals surface area contributed by atoms with Gasteiger partial charge >= 0.3 is 0 Å². The minimum atomic E-state index is -3.84. The van der Waals surface area contributed by atoms with Crippen molar-refractivity contribution in [2.75, 3.05) is 121 Å². The van der Waals surface area contributed by atoms with E-state index in [0.29, 0.717) is 67.8 Å². The molecule has 0 bridgehead atoms. The predicted octanol–water partition coefficient (Wildman–Crippen LogP) is 7.09. The average Bonchev–Trinajstić information content (AvgIpc) is 4.35. The van der Waals surface area contributed by atoms with Gasteiger partial charge in [0.25, 0.3) is 11.8 Å². The molecule has 83 heavy (non-hydrogen) atoms. The molecule has 1 fully saturated rings. The molecule has 22 nitrogen and oxygen atoms in total. The molecule has 0 spiro atoms. The van der Waals surface area contributed by atoms with Crippen LogP contribution >= 0.6 is 15.9 Å². The van der Waals surface area contributed by atoms with Gasteiger partial charge in [0.05, 0.1) is 85.6 Å². The second-order valence-electron chi connectivity index (χ2n) is 18.8. The van der Waals surface area contributed by atoms with Crippen molar-refractivity contribution in [1.82, 2.24) is 34.5 Å². The van der Waals surface area contributed by atoms with Crippen molar-refractivity contribution in [2.45, 2.75) is 30.6 Å². The van der Waals surface area contributed by atoms with Gasteiger partial charge in [-0.15, -0.1) is 0 Å². The van der Waals surface area contributed by atoms with E-state index >= 15 is 4.39 Å². The Hall–Kier alpha value is -7.63. The molecule has 7 rings (SSSR count). The van der Waals surface area contributed by atoms with Gasteiger partial charge < -0.3 is 60.9 Å². The highest BCUT2D eigenvalue weighted by Crippen LogP contribution is 2.41. The molecule has 0 aliphatic heterocycles. The molecule has 6 aromatic rings. The highest BCUT2D eigenvalue weighted by Gasteiger charge is 2.26. The summed E-state index contributed by atoms with van der Waals surface area (Å²) in [6.07, 6.45) is 7.81. The summed E-state index contributed by atoms with van der Waals surface area (Å²) in [6, 6.07) is 16.8. The van der Waals surface area contributed by atoms with Crippen LogP contribution in [0.1, 0.15) is 50.6 Å². The fourth-order valence-corrected chi connectivity index (χ4v) is 9.28. The normalized spacial score (nSPS) is 12.4. The molecule has 3 amide bonds. The highest BCUT2D eigenvalue weighted by molar-refractivity contribution is 9.10. The molecule has 0 unspecified atom stereocenters. The lowest BCUT2D eigenvalue weighted by Gasteiger charge is -2.19. The molecule has 0 radical (unpaired) electrons. The fraction of sp³-hybridized carbons (Fsp3) is 0.339. The molecule has 27 heteroatoms. The molecule has 8 N–H and O–H groups in total. The van der Waals surface area contributed by atoms with Crippen LogP contribution in [0, 0.1) is 24.4 Å². The number of nitrogens with one attached hydrogen (secondary N) is 4. The van der Waals surface area contributed by atoms with Crippen molar-refractivity contribution in [3.8, 4) is 17.0 Å². The first kappa shape index (κ1) is 63.0. The Labute approximate surface area is 486 Å². The summed E-state index contributed by atoms with van der Waals surface area (Å²) in [7, 11) is -0.336. The zero-order valence-corrected chi connectivity index (χ0v) is 48.2. The summed E-state index contributed by atoms with van der Waals surface area (Å²) >= 11 is 3.33. The van der Waals surface area contributed by atoms with E-state index in [2.05, 4.69) is 56.5 Å². The van der Waals surface area contributed by atoms with Gasteiger partial charge in [-0.05, 0) is 120 Å². The Balaban J connectivity index is 0.700. The number of nitrogens with zero attached hydrogens (tertiary/aromatic N) is 6. The monoisotopic (exact) mass is 1230 g/mol. The number of carbonyl (C=O) groups excluding carboxylic acids is 3. The van der Waals surface area contributed by atoms with Crippen LogP contribution in [0.15, 0.2) is 107 Å². The zero-order chi connectivity index (χ0) is 59.5. The van der Waals surface area contributed by atoms with Gasteiger partial charge in [0, 0.05) is 55.9 Å². The summed E-state index contributed by atoms with van der Waals surface area (Å²) in [5, 5.41) is 8.48. The number of nitrogen functional groups attached to an aromatic ring is 1. The van der Waals surface area contributed by atoms with Crippen molar-refractivity contribution in [3.63, 3.8) is 0 Å². The number of halogens is 4. The smallest absolute Gasteiger partial charge is 0.258 e. The number of hydrogen-bond donors (Lipinski definition) is 6. The highest BCUT2D eigenvalue weighted by atomic mass is 79.9. The molecule has 442 valence electrons. The quantitative estimate of drug-likeness (QED) is 0.0177. The van der Waals surface area contributed by atoms with E-state index in [9.17, 15) is 31.6 Å². The van der Waals surface area contributed by atoms with Crippen molar-refractivity contribution in [1.29, 1.82) is 0 Å². The van der Waals surface area contributed by atoms with Crippen LogP contribution in [0.4, 0.5) is 47.8 Å². The lowest BCUT2D eigenvalue weighted by Crippen LogP contribution is -2.30. The van der Waals surface area contributed by atoms with E-state index in [1.54, 1.807) is 26.1 Å². The number of ether oxygens (including phenoxy) is 5. The lowest BCUT2D eigenvalue weighted by molar-refractivity contribution is -0.125. The number of nitrogens with two attached hydrogens (primary N) is 2. The Kier molecular flexibility index (Phi) is 23.2. The van der Waals surface area contributed by atoms with Gasteiger partial charge in [-0.2, -0.15) is 4.98 Å². The van der Waals surface area contributed by atoms with Crippen LogP contribution in [0.2, 0.25) is 0 Å². The van der Waals surface area contributed by atoms with Crippen LogP contribution in [0.3, 0.4) is 0 Å². The number of amides is 3. The summed E-state index contributed by atoms with van der Waals surface area (Å²) in [6.45, 7) is 5.42. The number of likely N-dealkylation sites (N-methyl/N-ethyl adjacent to an activating group) is 2. The standard InChI is InChI=1S/C56H64BrF3N12O10S/c1-35-42(31-38(58)32-47(35)69-55(75)41-16-11-37(30-45(41)60)36-9-10-36)50-51(52(61)65-34-64-50)82-23-20-72(3)48(73)8-5-18-71(2)19-22-79-25-27-81-29-28-80-26-24-78-21-17-66-83(76,77)40-14-12-39(13-15-40)67-56-63-33-43(57)54(70-56)68-46-7-4-6-44(59)49(46)53(62)74/h4-8,11-16,30-34,36,66H,9-10,17-29H2,1-3H3,(H2,62,74)(H,69,75)(H2,61,64,65)(H2,63,67,68,70)/b8-5+. The van der Waals surface area contributed by atoms with Crippen LogP contribution in [0.5, 0.6) is 5.75 Å². The number of hydrogen-bond acceptors (Lipinski definition) is 18. The van der Waals surface area contributed by atoms with Crippen molar-refractivity contribution < 1.29 is 59.7 Å². The number of carbonyl (C=O) groups is 3. The van der Waals surface area contributed by atoms with Crippen molar-refractivity contribution in [3.05, 3.63) is 142 Å². The molecule has 2 heterocycles. The van der Waals surface area contributed by atoms with Gasteiger partial charge in [-0.1, -0.05) is 18.2 Å². The molecule has 1 saturated carbocycles. The van der Waals surface area contributed by atoms with Gasteiger partial charge in [0.1, 0.15) is 41.9 Å². The molecule has 0 atom stereocenters. The first-order chi connectivity index (χ1) is 39.9. The van der Waals surface area contributed by atoms with Gasteiger partial charge in [-0.25, -0.2) is 41.3 Å². The summed E-state index contributed by atoms with van der Waals surface area (Å²) in [4.78, 5) is 58.2. The van der Waals surface area contributed by atoms with Crippen molar-refractivity contribution in [2.24, 2.45) is 5.73 Å². The summed E-state index contributed by atoms with van der Waals surface area (Å²) in [5.74, 6) is -3.37. The number of anilines is 6. The Morgan fingerprint density at radius 2 is 1.51 bits per heavy atom. The third-order valence-corrected chi connectivity index (χ3v) is 14.7.